The van der Waals surface area contributed by atoms with Gasteiger partial charge in [0.25, 0.3) is 0 Å². The van der Waals surface area contributed by atoms with Crippen molar-refractivity contribution in [2.75, 3.05) is 27.3 Å². The number of hydrogen-bond donors (Lipinski definition) is 2. The monoisotopic (exact) mass is 458 g/mol. The van der Waals surface area contributed by atoms with Crippen molar-refractivity contribution in [3.63, 3.8) is 0 Å². The van der Waals surface area contributed by atoms with Crippen molar-refractivity contribution < 1.29 is 19.5 Å². The second-order valence-electron chi connectivity index (χ2n) is 5.71. The second kappa shape index (κ2) is 9.42. The molecule has 0 bridgehead atoms. The molecule has 6 heteroatoms. The number of nitrogens with one attached hydrogen (secondary N) is 1. The lowest BCUT2D eigenvalue weighted by atomic mass is 10.2. The lowest BCUT2D eigenvalue weighted by Gasteiger charge is -2.19. The summed E-state index contributed by atoms with van der Waals surface area (Å²) in [7, 11) is 3.71. The zero-order chi connectivity index (χ0) is 17.5. The van der Waals surface area contributed by atoms with Gasteiger partial charge in [-0.2, -0.15) is 0 Å². The number of aliphatic hydroxyl groups excluding tert-OH is 1. The molecule has 0 radical (unpaired) electrons. The number of hydrogen-bond acceptors (Lipinski definition) is 3. The average molecular weight is 460 g/mol. The van der Waals surface area contributed by atoms with Crippen molar-refractivity contribution in [3.05, 3.63) is 57.0 Å². The normalized spacial score (nSPS) is 13.4. The van der Waals surface area contributed by atoms with Crippen LogP contribution < -0.4 is 14.4 Å². The predicted molar refractivity (Wildman–Crippen MR) is 102 cm³/mol. The number of ether oxygens (including phenoxy) is 2. The van der Waals surface area contributed by atoms with Crippen molar-refractivity contribution in [3.8, 4) is 11.5 Å². The van der Waals surface area contributed by atoms with E-state index in [-0.39, 0.29) is 6.61 Å². The predicted octanol–water partition coefficient (Wildman–Crippen LogP) is 2.67. The first-order valence-corrected chi connectivity index (χ1v) is 9.26. The van der Waals surface area contributed by atoms with Gasteiger partial charge in [-0.05, 0) is 42.5 Å². The third-order valence-electron chi connectivity index (χ3n) is 3.57. The van der Waals surface area contributed by atoms with Crippen molar-refractivity contribution in [1.29, 1.82) is 0 Å². The summed E-state index contributed by atoms with van der Waals surface area (Å²) >= 11 is 6.87. The molecule has 0 saturated heterocycles. The van der Waals surface area contributed by atoms with E-state index in [1.807, 2.05) is 49.5 Å². The minimum absolute atomic E-state index is 0.272. The van der Waals surface area contributed by atoms with Gasteiger partial charge in [0.05, 0.1) is 14.2 Å². The first-order valence-electron chi connectivity index (χ1n) is 7.68. The minimum atomic E-state index is -0.535. The SMILES string of the molecule is COc1ccc(Br)cc1C[NH+](C)C[C@H](O)COc1ccc(Br)cc1. The highest BCUT2D eigenvalue weighted by Crippen LogP contribution is 2.22. The van der Waals surface area contributed by atoms with Crippen LogP contribution in [-0.4, -0.2) is 38.5 Å². The maximum Gasteiger partial charge on any atom is 0.137 e. The Morgan fingerprint density at radius 1 is 1.08 bits per heavy atom. The van der Waals surface area contributed by atoms with Crippen LogP contribution in [-0.2, 0) is 6.54 Å². The largest absolute Gasteiger partial charge is 0.496 e. The standard InChI is InChI=1S/C18H21Br2NO3/c1-21(10-13-9-15(20)5-8-18(13)23-2)11-16(22)12-24-17-6-3-14(19)4-7-17/h3-9,16,22H,10-12H2,1-2H3/p+1/t16-/m0/s1. The Kier molecular flexibility index (Phi) is 7.55. The molecule has 130 valence electrons. The Morgan fingerprint density at radius 2 is 1.75 bits per heavy atom. The molecule has 0 fully saturated rings. The van der Waals surface area contributed by atoms with Gasteiger partial charge in [0, 0.05) is 14.5 Å². The summed E-state index contributed by atoms with van der Waals surface area (Å²) < 4.78 is 13.0. The van der Waals surface area contributed by atoms with Gasteiger partial charge in [-0.25, -0.2) is 0 Å². The smallest absolute Gasteiger partial charge is 0.137 e. The van der Waals surface area contributed by atoms with E-state index < -0.39 is 6.10 Å². The molecule has 4 nitrogen and oxygen atoms in total. The topological polar surface area (TPSA) is 43.1 Å². The number of benzene rings is 2. The van der Waals surface area contributed by atoms with Crippen LogP contribution in [0.3, 0.4) is 0 Å². The van der Waals surface area contributed by atoms with E-state index in [1.54, 1.807) is 7.11 Å². The molecule has 0 aromatic heterocycles. The summed E-state index contributed by atoms with van der Waals surface area (Å²) in [5.41, 5.74) is 1.10. The molecular weight excluding hydrogens is 438 g/mol. The first kappa shape index (κ1) is 19.2. The molecule has 24 heavy (non-hydrogen) atoms. The number of rotatable bonds is 8. The summed E-state index contributed by atoms with van der Waals surface area (Å²) in [6, 6.07) is 13.5. The highest BCUT2D eigenvalue weighted by molar-refractivity contribution is 9.10. The van der Waals surface area contributed by atoms with Crippen molar-refractivity contribution >= 4 is 31.9 Å². The van der Waals surface area contributed by atoms with E-state index in [9.17, 15) is 5.11 Å². The Labute approximate surface area is 159 Å². The number of quaternary nitrogens is 1. The fourth-order valence-corrected chi connectivity index (χ4v) is 3.14. The Hall–Kier alpha value is -1.08. The minimum Gasteiger partial charge on any atom is -0.496 e. The molecule has 0 spiro atoms. The second-order valence-corrected chi connectivity index (χ2v) is 7.54. The number of likely N-dealkylation sites (N-methyl/N-ethyl adjacent to an activating group) is 1. The number of aliphatic hydroxyl groups is 1. The molecule has 2 rings (SSSR count). The molecule has 0 aliphatic carbocycles. The van der Waals surface area contributed by atoms with E-state index in [2.05, 4.69) is 31.9 Å². The van der Waals surface area contributed by atoms with Crippen molar-refractivity contribution in [2.24, 2.45) is 0 Å². The van der Waals surface area contributed by atoms with Crippen LogP contribution in [0.1, 0.15) is 5.56 Å². The van der Waals surface area contributed by atoms with Crippen LogP contribution >= 0.6 is 31.9 Å². The van der Waals surface area contributed by atoms with Gasteiger partial charge >= 0.3 is 0 Å². The molecule has 0 saturated carbocycles. The third-order valence-corrected chi connectivity index (χ3v) is 4.60. The molecule has 0 aliphatic heterocycles. The summed E-state index contributed by atoms with van der Waals surface area (Å²) in [4.78, 5) is 1.18. The van der Waals surface area contributed by atoms with Gasteiger partial charge in [0.15, 0.2) is 0 Å². The zero-order valence-electron chi connectivity index (χ0n) is 13.8. The molecular formula is C18H22Br2NO3+. The maximum absolute atomic E-state index is 10.2. The molecule has 2 N–H and O–H groups in total. The highest BCUT2D eigenvalue weighted by atomic mass is 79.9. The summed E-state index contributed by atoms with van der Waals surface area (Å²) in [5.74, 6) is 1.61. The molecule has 0 heterocycles. The fourth-order valence-electron chi connectivity index (χ4n) is 2.47. The molecule has 2 aromatic rings. The van der Waals surface area contributed by atoms with E-state index in [4.69, 9.17) is 9.47 Å². The van der Waals surface area contributed by atoms with Gasteiger partial charge in [-0.15, -0.1) is 0 Å². The third kappa shape index (κ3) is 6.09. The van der Waals surface area contributed by atoms with E-state index in [1.165, 1.54) is 4.90 Å². The Bertz CT molecular complexity index is 649. The lowest BCUT2D eigenvalue weighted by Crippen LogP contribution is -3.09. The fraction of sp³-hybridized carbons (Fsp3) is 0.333. The van der Waals surface area contributed by atoms with Crippen molar-refractivity contribution in [2.45, 2.75) is 12.6 Å². The van der Waals surface area contributed by atoms with E-state index >= 15 is 0 Å². The summed E-state index contributed by atoms with van der Waals surface area (Å²) in [5, 5.41) is 10.2. The molecule has 0 amide bonds. The lowest BCUT2D eigenvalue weighted by molar-refractivity contribution is -0.897. The van der Waals surface area contributed by atoms with Crippen LogP contribution in [0.2, 0.25) is 0 Å². The van der Waals surface area contributed by atoms with E-state index in [0.717, 1.165) is 32.6 Å². The number of halogens is 2. The van der Waals surface area contributed by atoms with Crippen LogP contribution in [0.4, 0.5) is 0 Å². The van der Waals surface area contributed by atoms with Crippen LogP contribution in [0.25, 0.3) is 0 Å². The van der Waals surface area contributed by atoms with Gasteiger partial charge < -0.3 is 19.5 Å². The molecule has 2 aromatic carbocycles. The zero-order valence-corrected chi connectivity index (χ0v) is 16.9. The highest BCUT2D eigenvalue weighted by Gasteiger charge is 2.15. The van der Waals surface area contributed by atoms with Crippen LogP contribution in [0.5, 0.6) is 11.5 Å². The van der Waals surface area contributed by atoms with Crippen LogP contribution in [0, 0.1) is 0 Å². The maximum atomic E-state index is 10.2. The summed E-state index contributed by atoms with van der Waals surface area (Å²) in [6.07, 6.45) is -0.535. The van der Waals surface area contributed by atoms with Gasteiger partial charge in [0.2, 0.25) is 0 Å². The van der Waals surface area contributed by atoms with Gasteiger partial charge in [-0.3, -0.25) is 0 Å². The van der Waals surface area contributed by atoms with E-state index in [0.29, 0.717) is 6.54 Å². The molecule has 0 aliphatic rings. The molecule has 1 unspecified atom stereocenters. The first-order chi connectivity index (χ1) is 11.5. The Morgan fingerprint density at radius 3 is 2.42 bits per heavy atom. The Balaban J connectivity index is 1.84. The van der Waals surface area contributed by atoms with Crippen LogP contribution in [0.15, 0.2) is 51.4 Å². The van der Waals surface area contributed by atoms with Crippen molar-refractivity contribution in [1.82, 2.24) is 0 Å². The van der Waals surface area contributed by atoms with Gasteiger partial charge in [-0.1, -0.05) is 31.9 Å². The summed E-state index contributed by atoms with van der Waals surface area (Å²) in [6.45, 7) is 1.62. The van der Waals surface area contributed by atoms with Gasteiger partial charge in [0.1, 0.15) is 37.3 Å². The average Bonchev–Trinajstić information content (AvgIpc) is 2.54. The quantitative estimate of drug-likeness (QED) is 0.637. The number of methoxy groups -OCH3 is 1. The molecule has 2 atom stereocenters.